The van der Waals surface area contributed by atoms with E-state index in [1.807, 2.05) is 0 Å². The number of thiocarbonyl (C=S) groups is 1. The van der Waals surface area contributed by atoms with E-state index in [2.05, 4.69) is 54.4 Å². The normalized spacial score (nSPS) is 15.7. The van der Waals surface area contributed by atoms with Crippen molar-refractivity contribution in [3.05, 3.63) is 29.3 Å². The van der Waals surface area contributed by atoms with Crippen LogP contribution in [0.3, 0.4) is 0 Å². The van der Waals surface area contributed by atoms with E-state index in [1.165, 1.54) is 43.2 Å². The van der Waals surface area contributed by atoms with E-state index in [4.69, 9.17) is 12.2 Å². The lowest BCUT2D eigenvalue weighted by Gasteiger charge is -2.21. The van der Waals surface area contributed by atoms with Gasteiger partial charge in [0.2, 0.25) is 0 Å². The molecule has 0 saturated heterocycles. The van der Waals surface area contributed by atoms with Crippen molar-refractivity contribution in [1.82, 2.24) is 5.32 Å². The molecule has 0 amide bonds. The fraction of sp³-hybridized carbons (Fsp3) is 0.588. The maximum Gasteiger partial charge on any atom is 0.170 e. The summed E-state index contributed by atoms with van der Waals surface area (Å²) in [6, 6.07) is 6.41. The second-order valence-corrected chi connectivity index (χ2v) is 7.70. The Balaban J connectivity index is 1.65. The molecule has 0 unspecified atom stereocenters. The molecule has 0 radical (unpaired) electrons. The third kappa shape index (κ3) is 6.27. The quantitative estimate of drug-likeness (QED) is 0.608. The molecule has 0 spiro atoms. The molecular formula is C17H26N2S2. The first-order valence-corrected chi connectivity index (χ1v) is 9.34. The van der Waals surface area contributed by atoms with Crippen LogP contribution in [0.15, 0.2) is 18.2 Å². The number of anilines is 1. The van der Waals surface area contributed by atoms with Gasteiger partial charge >= 0.3 is 0 Å². The van der Waals surface area contributed by atoms with Gasteiger partial charge in [-0.15, -0.1) is 0 Å². The van der Waals surface area contributed by atoms with Gasteiger partial charge in [-0.05, 0) is 62.2 Å². The highest BCUT2D eigenvalue weighted by Gasteiger charge is 2.13. The second-order valence-electron chi connectivity index (χ2n) is 5.89. The summed E-state index contributed by atoms with van der Waals surface area (Å²) in [6.07, 6.45) is 7.06. The van der Waals surface area contributed by atoms with Crippen LogP contribution in [0.2, 0.25) is 0 Å². The maximum absolute atomic E-state index is 5.36. The van der Waals surface area contributed by atoms with Crippen LogP contribution < -0.4 is 10.6 Å². The van der Waals surface area contributed by atoms with E-state index in [0.717, 1.165) is 28.3 Å². The molecule has 0 aliphatic heterocycles. The number of hydrogen-bond acceptors (Lipinski definition) is 2. The zero-order valence-electron chi connectivity index (χ0n) is 13.1. The Labute approximate surface area is 138 Å². The lowest BCUT2D eigenvalue weighted by Crippen LogP contribution is -2.30. The number of thioether (sulfide) groups is 1. The van der Waals surface area contributed by atoms with E-state index < -0.39 is 0 Å². The standard InChI is InChI=1S/C17H26N2S2/c1-13-10-14(2)12-15(11-13)19-17(20)18-8-9-21-16-6-4-3-5-7-16/h10-12,16H,3-9H2,1-2H3,(H2,18,19,20). The summed E-state index contributed by atoms with van der Waals surface area (Å²) < 4.78 is 0. The van der Waals surface area contributed by atoms with Gasteiger partial charge in [-0.1, -0.05) is 25.3 Å². The molecule has 1 aromatic carbocycles. The molecule has 116 valence electrons. The Hall–Kier alpha value is -0.740. The molecule has 21 heavy (non-hydrogen) atoms. The number of hydrogen-bond donors (Lipinski definition) is 2. The van der Waals surface area contributed by atoms with Crippen molar-refractivity contribution in [2.75, 3.05) is 17.6 Å². The van der Waals surface area contributed by atoms with Gasteiger partial charge in [-0.2, -0.15) is 11.8 Å². The average molecular weight is 323 g/mol. The Morgan fingerprint density at radius 1 is 1.14 bits per heavy atom. The van der Waals surface area contributed by atoms with Gasteiger partial charge in [0.05, 0.1) is 0 Å². The Morgan fingerprint density at radius 3 is 2.48 bits per heavy atom. The molecular weight excluding hydrogens is 296 g/mol. The Morgan fingerprint density at radius 2 is 1.81 bits per heavy atom. The molecule has 1 saturated carbocycles. The first-order chi connectivity index (χ1) is 10.1. The van der Waals surface area contributed by atoms with Gasteiger partial charge in [0.1, 0.15) is 0 Å². The third-order valence-corrected chi connectivity index (χ3v) is 5.40. The first kappa shape index (κ1) is 16.6. The van der Waals surface area contributed by atoms with Crippen LogP contribution in [0.25, 0.3) is 0 Å². The van der Waals surface area contributed by atoms with Crippen molar-refractivity contribution in [3.63, 3.8) is 0 Å². The fourth-order valence-corrected chi connectivity index (χ4v) is 4.28. The third-order valence-electron chi connectivity index (χ3n) is 3.77. The molecule has 0 aromatic heterocycles. The van der Waals surface area contributed by atoms with E-state index in [1.54, 1.807) is 0 Å². The second kappa shape index (κ2) is 8.64. The summed E-state index contributed by atoms with van der Waals surface area (Å²) in [7, 11) is 0. The number of rotatable bonds is 5. The molecule has 1 aliphatic carbocycles. The summed E-state index contributed by atoms with van der Waals surface area (Å²) in [5, 5.41) is 8.18. The van der Waals surface area contributed by atoms with E-state index >= 15 is 0 Å². The smallest absolute Gasteiger partial charge is 0.170 e. The van der Waals surface area contributed by atoms with Gasteiger partial charge < -0.3 is 10.6 Å². The van der Waals surface area contributed by atoms with E-state index in [9.17, 15) is 0 Å². The van der Waals surface area contributed by atoms with Gasteiger partial charge in [0.25, 0.3) is 0 Å². The topological polar surface area (TPSA) is 24.1 Å². The van der Waals surface area contributed by atoms with Gasteiger partial charge in [-0.25, -0.2) is 0 Å². The summed E-state index contributed by atoms with van der Waals surface area (Å²) >= 11 is 7.46. The molecule has 0 heterocycles. The molecule has 0 bridgehead atoms. The molecule has 1 aliphatic rings. The van der Waals surface area contributed by atoms with Gasteiger partial charge in [0.15, 0.2) is 5.11 Å². The minimum Gasteiger partial charge on any atom is -0.362 e. The monoisotopic (exact) mass is 322 g/mol. The van der Waals surface area contributed by atoms with Crippen LogP contribution in [0, 0.1) is 13.8 Å². The van der Waals surface area contributed by atoms with Crippen molar-refractivity contribution in [3.8, 4) is 0 Å². The molecule has 0 atom stereocenters. The molecule has 4 heteroatoms. The summed E-state index contributed by atoms with van der Waals surface area (Å²) in [4.78, 5) is 0. The minimum absolute atomic E-state index is 0.726. The van der Waals surface area contributed by atoms with Crippen molar-refractivity contribution >= 4 is 34.8 Å². The summed E-state index contributed by atoms with van der Waals surface area (Å²) in [6.45, 7) is 5.16. The summed E-state index contributed by atoms with van der Waals surface area (Å²) in [5.74, 6) is 1.14. The molecule has 2 nitrogen and oxygen atoms in total. The van der Waals surface area contributed by atoms with Crippen LogP contribution in [-0.2, 0) is 0 Å². The van der Waals surface area contributed by atoms with Crippen LogP contribution in [0.5, 0.6) is 0 Å². The summed E-state index contributed by atoms with van der Waals surface area (Å²) in [5.41, 5.74) is 3.59. The van der Waals surface area contributed by atoms with E-state index in [-0.39, 0.29) is 0 Å². The maximum atomic E-state index is 5.36. The molecule has 2 rings (SSSR count). The zero-order chi connectivity index (χ0) is 15.1. The number of aryl methyl sites for hydroxylation is 2. The number of benzene rings is 1. The first-order valence-electron chi connectivity index (χ1n) is 7.88. The van der Waals surface area contributed by atoms with Crippen molar-refractivity contribution in [2.24, 2.45) is 0 Å². The van der Waals surface area contributed by atoms with E-state index in [0.29, 0.717) is 0 Å². The lowest BCUT2D eigenvalue weighted by molar-refractivity contribution is 0.516. The van der Waals surface area contributed by atoms with Crippen LogP contribution in [-0.4, -0.2) is 22.7 Å². The fourth-order valence-electron chi connectivity index (χ4n) is 2.84. The van der Waals surface area contributed by atoms with Gasteiger partial charge in [-0.3, -0.25) is 0 Å². The largest absolute Gasteiger partial charge is 0.362 e. The minimum atomic E-state index is 0.726. The molecule has 1 aromatic rings. The zero-order valence-corrected chi connectivity index (χ0v) is 14.7. The average Bonchev–Trinajstić information content (AvgIpc) is 2.43. The Bertz CT molecular complexity index is 448. The lowest BCUT2D eigenvalue weighted by atomic mass is 10.0. The van der Waals surface area contributed by atoms with Crippen molar-refractivity contribution in [1.29, 1.82) is 0 Å². The van der Waals surface area contributed by atoms with Crippen LogP contribution in [0.4, 0.5) is 5.69 Å². The number of nitrogens with one attached hydrogen (secondary N) is 2. The highest BCUT2D eigenvalue weighted by molar-refractivity contribution is 7.99. The van der Waals surface area contributed by atoms with Crippen LogP contribution in [0.1, 0.15) is 43.2 Å². The highest BCUT2D eigenvalue weighted by atomic mass is 32.2. The molecule has 1 fully saturated rings. The van der Waals surface area contributed by atoms with Crippen molar-refractivity contribution < 1.29 is 0 Å². The predicted octanol–water partition coefficient (Wildman–Crippen LogP) is 4.66. The predicted molar refractivity (Wildman–Crippen MR) is 99.5 cm³/mol. The SMILES string of the molecule is Cc1cc(C)cc(NC(=S)NCCSC2CCCCC2)c1. The van der Waals surface area contributed by atoms with Crippen LogP contribution >= 0.6 is 24.0 Å². The highest BCUT2D eigenvalue weighted by Crippen LogP contribution is 2.27. The van der Waals surface area contributed by atoms with Crippen molar-refractivity contribution in [2.45, 2.75) is 51.2 Å². The Kier molecular flexibility index (Phi) is 6.84. The van der Waals surface area contributed by atoms with Gasteiger partial charge in [0, 0.05) is 23.2 Å². The molecule has 2 N–H and O–H groups in total.